The molecule has 0 saturated carbocycles. The van der Waals surface area contributed by atoms with E-state index >= 15 is 0 Å². The molecular weight excluding hydrogens is 300 g/mol. The first-order valence-corrected chi connectivity index (χ1v) is 7.57. The van der Waals surface area contributed by atoms with Crippen LogP contribution in [0.1, 0.15) is 30.3 Å². The van der Waals surface area contributed by atoms with Crippen molar-refractivity contribution in [3.8, 4) is 6.01 Å². The summed E-state index contributed by atoms with van der Waals surface area (Å²) in [5.41, 5.74) is 0.193. The van der Waals surface area contributed by atoms with Gasteiger partial charge in [-0.25, -0.2) is 14.8 Å². The Kier molecular flexibility index (Phi) is 4.70. The van der Waals surface area contributed by atoms with E-state index in [2.05, 4.69) is 15.0 Å². The molecule has 3 rings (SSSR count). The monoisotopic (exact) mass is 318 g/mol. The molecule has 1 saturated heterocycles. The Hall–Kier alpha value is -2.64. The van der Waals surface area contributed by atoms with Crippen LogP contribution in [-0.4, -0.2) is 46.7 Å². The van der Waals surface area contributed by atoms with E-state index in [9.17, 15) is 4.79 Å². The maximum atomic E-state index is 11.6. The van der Waals surface area contributed by atoms with E-state index in [1.165, 1.54) is 6.26 Å². The Labute approximate surface area is 133 Å². The minimum atomic E-state index is -0.470. The van der Waals surface area contributed by atoms with Crippen LogP contribution in [0.25, 0.3) is 0 Å². The van der Waals surface area contributed by atoms with Gasteiger partial charge in [0.1, 0.15) is 12.4 Å². The summed E-state index contributed by atoms with van der Waals surface area (Å²) in [6, 6.07) is 2.58. The molecule has 0 unspecified atom stereocenters. The molecule has 0 radical (unpaired) electrons. The number of anilines is 1. The van der Waals surface area contributed by atoms with Gasteiger partial charge in [-0.2, -0.15) is 4.98 Å². The lowest BCUT2D eigenvalue weighted by atomic mass is 10.1. The summed E-state index contributed by atoms with van der Waals surface area (Å²) in [5.74, 6) is -0.470. The lowest BCUT2D eigenvalue weighted by Gasteiger charge is -2.30. The highest BCUT2D eigenvalue weighted by Crippen LogP contribution is 2.21. The van der Waals surface area contributed by atoms with Gasteiger partial charge in [-0.05, 0) is 13.0 Å². The molecule has 0 spiro atoms. The smallest absolute Gasteiger partial charge is 0.360 e. The van der Waals surface area contributed by atoms with Crippen LogP contribution in [0.4, 0.5) is 6.01 Å². The maximum absolute atomic E-state index is 11.6. The van der Waals surface area contributed by atoms with Crippen molar-refractivity contribution in [2.75, 3.05) is 24.6 Å². The first-order valence-electron chi connectivity index (χ1n) is 7.57. The van der Waals surface area contributed by atoms with Gasteiger partial charge in [-0.15, -0.1) is 0 Å². The van der Waals surface area contributed by atoms with E-state index < -0.39 is 5.97 Å². The van der Waals surface area contributed by atoms with Crippen LogP contribution in [0.5, 0.6) is 6.01 Å². The fourth-order valence-corrected chi connectivity index (χ4v) is 2.37. The Bertz CT molecular complexity index is 638. The Morgan fingerprint density at radius 1 is 1.35 bits per heavy atom. The summed E-state index contributed by atoms with van der Waals surface area (Å²) in [4.78, 5) is 25.9. The molecule has 0 N–H and O–H groups in total. The van der Waals surface area contributed by atoms with E-state index in [4.69, 9.17) is 13.9 Å². The summed E-state index contributed by atoms with van der Waals surface area (Å²) < 4.78 is 16.0. The third-order valence-electron chi connectivity index (χ3n) is 3.50. The van der Waals surface area contributed by atoms with Gasteiger partial charge in [-0.3, -0.25) is 0 Å². The predicted molar refractivity (Wildman–Crippen MR) is 80.4 cm³/mol. The van der Waals surface area contributed by atoms with Gasteiger partial charge < -0.3 is 18.8 Å². The average Bonchev–Trinajstić information content (AvgIpc) is 3.07. The summed E-state index contributed by atoms with van der Waals surface area (Å²) in [6.07, 6.45) is 6.30. The molecule has 0 aliphatic carbocycles. The van der Waals surface area contributed by atoms with Crippen LogP contribution >= 0.6 is 0 Å². The summed E-state index contributed by atoms with van der Waals surface area (Å²) in [5, 5.41) is 0. The van der Waals surface area contributed by atoms with Gasteiger partial charge in [0, 0.05) is 38.3 Å². The largest absolute Gasteiger partial charge is 0.461 e. The highest BCUT2D eigenvalue weighted by atomic mass is 16.5. The quantitative estimate of drug-likeness (QED) is 0.769. The van der Waals surface area contributed by atoms with Crippen molar-refractivity contribution in [1.82, 2.24) is 15.0 Å². The van der Waals surface area contributed by atoms with Crippen LogP contribution in [0.15, 0.2) is 29.1 Å². The van der Waals surface area contributed by atoms with Gasteiger partial charge in [0.2, 0.25) is 0 Å². The van der Waals surface area contributed by atoms with Crippen molar-refractivity contribution in [3.05, 3.63) is 30.4 Å². The number of hydrogen-bond donors (Lipinski definition) is 0. The molecule has 1 aliphatic rings. The molecule has 8 heteroatoms. The van der Waals surface area contributed by atoms with Gasteiger partial charge >= 0.3 is 12.0 Å². The second-order valence-electron chi connectivity index (χ2n) is 5.07. The zero-order valence-corrected chi connectivity index (χ0v) is 12.8. The minimum absolute atomic E-state index is 0.0631. The number of carbonyl (C=O) groups is 1. The zero-order valence-electron chi connectivity index (χ0n) is 12.8. The SMILES string of the molecule is CCOC(=O)c1coc(N2CCC(Oc3ncccn3)CC2)n1. The number of ether oxygens (including phenoxy) is 2. The molecule has 0 atom stereocenters. The van der Waals surface area contributed by atoms with Crippen molar-refractivity contribution in [2.24, 2.45) is 0 Å². The first kappa shape index (κ1) is 15.3. The van der Waals surface area contributed by atoms with Gasteiger partial charge in [0.15, 0.2) is 5.69 Å². The first-order chi connectivity index (χ1) is 11.3. The van der Waals surface area contributed by atoms with Crippen LogP contribution < -0.4 is 9.64 Å². The molecule has 23 heavy (non-hydrogen) atoms. The lowest BCUT2D eigenvalue weighted by Crippen LogP contribution is -2.38. The third-order valence-corrected chi connectivity index (χ3v) is 3.50. The second-order valence-corrected chi connectivity index (χ2v) is 5.07. The van der Waals surface area contributed by atoms with Crippen molar-refractivity contribution in [3.63, 3.8) is 0 Å². The molecule has 0 aromatic carbocycles. The number of carbonyl (C=O) groups excluding carboxylic acids is 1. The number of aromatic nitrogens is 3. The minimum Gasteiger partial charge on any atom is -0.461 e. The van der Waals surface area contributed by atoms with E-state index in [1.807, 2.05) is 4.90 Å². The van der Waals surface area contributed by atoms with Gasteiger partial charge in [0.05, 0.1) is 6.61 Å². The number of oxazole rings is 1. The van der Waals surface area contributed by atoms with E-state index in [0.717, 1.165) is 25.9 Å². The molecule has 122 valence electrons. The Balaban J connectivity index is 1.54. The van der Waals surface area contributed by atoms with Gasteiger partial charge in [0.25, 0.3) is 6.01 Å². The van der Waals surface area contributed by atoms with Crippen molar-refractivity contribution >= 4 is 12.0 Å². The molecule has 2 aromatic rings. The summed E-state index contributed by atoms with van der Waals surface area (Å²) >= 11 is 0. The van der Waals surface area contributed by atoms with Crippen LogP contribution in [-0.2, 0) is 4.74 Å². The molecule has 1 fully saturated rings. The zero-order chi connectivity index (χ0) is 16.1. The molecule has 2 aromatic heterocycles. The molecule has 0 bridgehead atoms. The average molecular weight is 318 g/mol. The fourth-order valence-electron chi connectivity index (χ4n) is 2.37. The lowest BCUT2D eigenvalue weighted by molar-refractivity contribution is 0.0519. The van der Waals surface area contributed by atoms with E-state index in [0.29, 0.717) is 18.6 Å². The van der Waals surface area contributed by atoms with E-state index in [-0.39, 0.29) is 11.8 Å². The van der Waals surface area contributed by atoms with Crippen LogP contribution in [0, 0.1) is 0 Å². The molecule has 0 amide bonds. The molecule has 1 aliphatic heterocycles. The number of rotatable bonds is 5. The molecular formula is C15H18N4O4. The fraction of sp³-hybridized carbons (Fsp3) is 0.467. The van der Waals surface area contributed by atoms with Crippen LogP contribution in [0.3, 0.4) is 0 Å². The van der Waals surface area contributed by atoms with Crippen molar-refractivity contribution in [1.29, 1.82) is 0 Å². The maximum Gasteiger partial charge on any atom is 0.360 e. The standard InChI is InChI=1S/C15H18N4O4/c1-2-21-13(20)12-10-22-15(18-12)19-8-4-11(5-9-19)23-14-16-6-3-7-17-14/h3,6-7,10-11H,2,4-5,8-9H2,1H3. The summed E-state index contributed by atoms with van der Waals surface area (Å²) in [7, 11) is 0. The molecule has 3 heterocycles. The van der Waals surface area contributed by atoms with Gasteiger partial charge in [-0.1, -0.05) is 0 Å². The normalized spacial score (nSPS) is 15.4. The summed E-state index contributed by atoms with van der Waals surface area (Å²) in [6.45, 7) is 3.51. The second kappa shape index (κ2) is 7.08. The third kappa shape index (κ3) is 3.77. The molecule has 8 nitrogen and oxygen atoms in total. The number of hydrogen-bond acceptors (Lipinski definition) is 8. The predicted octanol–water partition coefficient (Wildman–Crippen LogP) is 1.69. The Morgan fingerprint density at radius 3 is 2.78 bits per heavy atom. The Morgan fingerprint density at radius 2 is 2.09 bits per heavy atom. The topological polar surface area (TPSA) is 90.6 Å². The number of esters is 1. The number of piperidine rings is 1. The highest BCUT2D eigenvalue weighted by molar-refractivity contribution is 5.87. The number of nitrogens with zero attached hydrogens (tertiary/aromatic N) is 4. The van der Waals surface area contributed by atoms with Crippen molar-refractivity contribution < 1.29 is 18.7 Å². The highest BCUT2D eigenvalue weighted by Gasteiger charge is 2.25. The van der Waals surface area contributed by atoms with Crippen molar-refractivity contribution in [2.45, 2.75) is 25.9 Å². The van der Waals surface area contributed by atoms with E-state index in [1.54, 1.807) is 25.4 Å². The van der Waals surface area contributed by atoms with Crippen LogP contribution in [0.2, 0.25) is 0 Å².